The Hall–Kier alpha value is -2.34. The van der Waals surface area contributed by atoms with Crippen molar-refractivity contribution in [2.45, 2.75) is 103 Å². The van der Waals surface area contributed by atoms with Crippen LogP contribution in [0.3, 0.4) is 0 Å². The zero-order valence-electron chi connectivity index (χ0n) is 23.0. The molecule has 6 heteroatoms. The number of allylic oxidation sites excluding steroid dienone is 1. The van der Waals surface area contributed by atoms with Crippen molar-refractivity contribution < 1.29 is 19.4 Å². The monoisotopic (exact) mass is 520 g/mol. The van der Waals surface area contributed by atoms with Gasteiger partial charge in [-0.15, -0.1) is 0 Å². The topological polar surface area (TPSA) is 78.9 Å². The van der Waals surface area contributed by atoms with E-state index in [9.17, 15) is 14.7 Å². The van der Waals surface area contributed by atoms with E-state index in [-0.39, 0.29) is 35.5 Å². The molecule has 206 valence electrons. The molecular weight excluding hydrogens is 476 g/mol. The number of rotatable bonds is 4. The number of hydrogen-bond donors (Lipinski definition) is 2. The van der Waals surface area contributed by atoms with Gasteiger partial charge >= 0.3 is 6.09 Å². The van der Waals surface area contributed by atoms with Crippen molar-refractivity contribution in [1.82, 2.24) is 10.2 Å². The first-order valence-electron chi connectivity index (χ1n) is 14.9. The van der Waals surface area contributed by atoms with E-state index in [0.29, 0.717) is 30.7 Å². The van der Waals surface area contributed by atoms with Crippen molar-refractivity contribution in [3.63, 3.8) is 0 Å². The van der Waals surface area contributed by atoms with Crippen LogP contribution in [-0.2, 0) is 16.1 Å². The lowest BCUT2D eigenvalue weighted by Crippen LogP contribution is -2.56. The highest BCUT2D eigenvalue weighted by Crippen LogP contribution is 2.64. The molecule has 4 fully saturated rings. The molecule has 0 bridgehead atoms. The molecule has 0 aromatic heterocycles. The maximum absolute atomic E-state index is 13.6. The summed E-state index contributed by atoms with van der Waals surface area (Å²) in [5.74, 6) is 1.96. The lowest BCUT2D eigenvalue weighted by Gasteiger charge is -2.58. The SMILES string of the molecule is CC12CCC(O)CC1=CCC1C2CCC2(C)C(NC(=O)C3CCCN3C(=O)OCc3ccccc3)CCC12. The van der Waals surface area contributed by atoms with Gasteiger partial charge in [-0.1, -0.05) is 55.8 Å². The molecule has 0 radical (unpaired) electrons. The number of nitrogens with zero attached hydrogens (tertiary/aromatic N) is 1. The number of amides is 2. The Morgan fingerprint density at radius 2 is 1.87 bits per heavy atom. The molecule has 1 saturated heterocycles. The Balaban J connectivity index is 1.11. The van der Waals surface area contributed by atoms with E-state index in [0.717, 1.165) is 56.9 Å². The van der Waals surface area contributed by atoms with Gasteiger partial charge in [-0.3, -0.25) is 9.69 Å². The number of nitrogens with one attached hydrogen (secondary N) is 1. The molecule has 1 aromatic carbocycles. The maximum Gasteiger partial charge on any atom is 0.410 e. The number of carbonyl (C=O) groups excluding carboxylic acids is 2. The van der Waals surface area contributed by atoms with E-state index in [1.54, 1.807) is 4.90 Å². The first-order valence-corrected chi connectivity index (χ1v) is 14.9. The lowest BCUT2D eigenvalue weighted by atomic mass is 9.48. The largest absolute Gasteiger partial charge is 0.445 e. The summed E-state index contributed by atoms with van der Waals surface area (Å²) in [5, 5.41) is 13.7. The van der Waals surface area contributed by atoms with Gasteiger partial charge in [0.25, 0.3) is 0 Å². The van der Waals surface area contributed by atoms with Gasteiger partial charge in [0.15, 0.2) is 0 Å². The van der Waals surface area contributed by atoms with Gasteiger partial charge in [0.05, 0.1) is 6.10 Å². The van der Waals surface area contributed by atoms with Crippen molar-refractivity contribution >= 4 is 12.0 Å². The zero-order chi connectivity index (χ0) is 26.5. The second-order valence-electron chi connectivity index (χ2n) is 13.2. The van der Waals surface area contributed by atoms with E-state index in [1.807, 2.05) is 30.3 Å². The number of aliphatic hydroxyl groups is 1. The lowest BCUT2D eigenvalue weighted by molar-refractivity contribution is -0.127. The first kappa shape index (κ1) is 25.9. The Morgan fingerprint density at radius 1 is 1.05 bits per heavy atom. The number of ether oxygens (including phenoxy) is 1. The van der Waals surface area contributed by atoms with Crippen molar-refractivity contribution in [2.75, 3.05) is 6.54 Å². The third-order valence-corrected chi connectivity index (χ3v) is 11.4. The average molecular weight is 521 g/mol. The van der Waals surface area contributed by atoms with Gasteiger partial charge in [-0.05, 0) is 98.4 Å². The van der Waals surface area contributed by atoms with Gasteiger partial charge < -0.3 is 15.2 Å². The van der Waals surface area contributed by atoms with E-state index in [4.69, 9.17) is 4.74 Å². The fourth-order valence-electron chi connectivity index (χ4n) is 9.21. The number of aliphatic hydroxyl groups excluding tert-OH is 1. The quantitative estimate of drug-likeness (QED) is 0.507. The molecule has 2 amide bonds. The van der Waals surface area contributed by atoms with Crippen molar-refractivity contribution in [3.05, 3.63) is 47.5 Å². The summed E-state index contributed by atoms with van der Waals surface area (Å²) in [6.07, 6.45) is 12.0. The summed E-state index contributed by atoms with van der Waals surface area (Å²) in [4.78, 5) is 28.1. The summed E-state index contributed by atoms with van der Waals surface area (Å²) in [5.41, 5.74) is 2.79. The molecule has 6 nitrogen and oxygen atoms in total. The Bertz CT molecular complexity index is 1090. The van der Waals surface area contributed by atoms with Crippen LogP contribution in [0.5, 0.6) is 0 Å². The normalized spacial score (nSPS) is 40.0. The molecule has 1 aromatic rings. The molecule has 8 atom stereocenters. The third kappa shape index (κ3) is 4.37. The standard InChI is InChI=1S/C32H44N2O4/c1-31-16-14-23(35)19-22(31)10-11-24-25-12-13-28(32(25,2)17-15-26(24)31)33-29(36)27-9-6-18-34(27)30(37)38-20-21-7-4-3-5-8-21/h3-5,7-8,10,23-28,35H,6,9,11-20H2,1-2H3,(H,33,36). The van der Waals surface area contributed by atoms with Crippen LogP contribution >= 0.6 is 0 Å². The predicted octanol–water partition coefficient (Wildman–Crippen LogP) is 5.60. The van der Waals surface area contributed by atoms with Crippen LogP contribution in [0, 0.1) is 28.6 Å². The Morgan fingerprint density at radius 3 is 2.68 bits per heavy atom. The fourth-order valence-corrected chi connectivity index (χ4v) is 9.21. The summed E-state index contributed by atoms with van der Waals surface area (Å²) in [6.45, 7) is 5.67. The van der Waals surface area contributed by atoms with Crippen molar-refractivity contribution in [3.8, 4) is 0 Å². The molecule has 1 aliphatic heterocycles. The predicted molar refractivity (Wildman–Crippen MR) is 146 cm³/mol. The van der Waals surface area contributed by atoms with Gasteiger partial charge in [0.2, 0.25) is 5.91 Å². The molecular formula is C32H44N2O4. The molecule has 2 N–H and O–H groups in total. The molecule has 5 aliphatic rings. The molecule has 0 spiro atoms. The van der Waals surface area contributed by atoms with Crippen molar-refractivity contribution in [1.29, 1.82) is 0 Å². The van der Waals surface area contributed by atoms with Crippen LogP contribution in [-0.4, -0.2) is 46.7 Å². The number of carbonyl (C=O) groups is 2. The van der Waals surface area contributed by atoms with Crippen LogP contribution in [0.1, 0.15) is 83.6 Å². The summed E-state index contributed by atoms with van der Waals surface area (Å²) in [6, 6.07) is 9.40. The minimum Gasteiger partial charge on any atom is -0.445 e. The van der Waals surface area contributed by atoms with Gasteiger partial charge in [0.1, 0.15) is 12.6 Å². The molecule has 3 saturated carbocycles. The van der Waals surface area contributed by atoms with Crippen LogP contribution in [0.2, 0.25) is 0 Å². The Kier molecular flexibility index (Phi) is 6.82. The highest BCUT2D eigenvalue weighted by atomic mass is 16.6. The highest BCUT2D eigenvalue weighted by molar-refractivity contribution is 5.86. The smallest absolute Gasteiger partial charge is 0.410 e. The average Bonchev–Trinajstić information content (AvgIpc) is 3.53. The summed E-state index contributed by atoms with van der Waals surface area (Å²) >= 11 is 0. The van der Waals surface area contributed by atoms with E-state index in [2.05, 4.69) is 25.2 Å². The minimum absolute atomic E-state index is 0.00721. The van der Waals surface area contributed by atoms with E-state index < -0.39 is 12.1 Å². The van der Waals surface area contributed by atoms with Crippen LogP contribution in [0.15, 0.2) is 42.0 Å². The number of hydrogen-bond acceptors (Lipinski definition) is 4. The van der Waals surface area contributed by atoms with E-state index in [1.165, 1.54) is 12.0 Å². The number of fused-ring (bicyclic) bond motifs is 5. The number of benzene rings is 1. The fraction of sp³-hybridized carbons (Fsp3) is 0.688. The van der Waals surface area contributed by atoms with Crippen LogP contribution in [0.4, 0.5) is 4.79 Å². The van der Waals surface area contributed by atoms with Gasteiger partial charge in [-0.25, -0.2) is 4.79 Å². The molecule has 6 rings (SSSR count). The maximum atomic E-state index is 13.6. The third-order valence-electron chi connectivity index (χ3n) is 11.4. The molecule has 38 heavy (non-hydrogen) atoms. The van der Waals surface area contributed by atoms with Crippen LogP contribution < -0.4 is 5.32 Å². The molecule has 8 unspecified atom stereocenters. The van der Waals surface area contributed by atoms with Crippen molar-refractivity contribution in [2.24, 2.45) is 28.6 Å². The van der Waals surface area contributed by atoms with Crippen LogP contribution in [0.25, 0.3) is 0 Å². The number of likely N-dealkylation sites (tertiary alicyclic amines) is 1. The molecule has 4 aliphatic carbocycles. The first-order chi connectivity index (χ1) is 18.3. The summed E-state index contributed by atoms with van der Waals surface area (Å²) < 4.78 is 5.57. The second-order valence-corrected chi connectivity index (χ2v) is 13.2. The van der Waals surface area contributed by atoms with Gasteiger partial charge in [0, 0.05) is 12.6 Å². The van der Waals surface area contributed by atoms with E-state index >= 15 is 0 Å². The molecule has 1 heterocycles. The Labute approximate surface area is 227 Å². The summed E-state index contributed by atoms with van der Waals surface area (Å²) in [7, 11) is 0. The highest BCUT2D eigenvalue weighted by Gasteiger charge is 2.59. The zero-order valence-corrected chi connectivity index (χ0v) is 23.0. The van der Waals surface area contributed by atoms with Gasteiger partial charge in [-0.2, -0.15) is 0 Å². The second kappa shape index (κ2) is 10.0. The minimum atomic E-state index is -0.440.